The molecule has 0 heterocycles. The number of aliphatic hydroxyl groups is 1. The van der Waals surface area contributed by atoms with Crippen LogP contribution in [0.1, 0.15) is 36.1 Å². The number of carbonyl (C=O) groups excluding carboxylic acids is 1. The minimum atomic E-state index is -1.14. The Morgan fingerprint density at radius 3 is 2.79 bits per heavy atom. The van der Waals surface area contributed by atoms with Crippen molar-refractivity contribution in [3.8, 4) is 0 Å². The SMILES string of the molecule is CC(O)(CNC(=O)NC1CCc2cc(F)ccc21)c1ccccc1. The van der Waals surface area contributed by atoms with Crippen molar-refractivity contribution in [3.63, 3.8) is 0 Å². The van der Waals surface area contributed by atoms with Crippen LogP contribution < -0.4 is 10.6 Å². The van der Waals surface area contributed by atoms with E-state index < -0.39 is 5.60 Å². The third kappa shape index (κ3) is 3.57. The molecule has 0 saturated carbocycles. The molecule has 0 aliphatic heterocycles. The molecule has 2 aromatic rings. The van der Waals surface area contributed by atoms with Crippen molar-refractivity contribution in [1.82, 2.24) is 10.6 Å². The van der Waals surface area contributed by atoms with Gasteiger partial charge in [0.15, 0.2) is 0 Å². The molecule has 0 aromatic heterocycles. The second kappa shape index (κ2) is 6.61. The van der Waals surface area contributed by atoms with E-state index in [0.717, 1.165) is 29.5 Å². The lowest BCUT2D eigenvalue weighted by Gasteiger charge is -2.25. The second-order valence-electron chi connectivity index (χ2n) is 6.40. The van der Waals surface area contributed by atoms with Crippen LogP contribution in [-0.4, -0.2) is 17.7 Å². The van der Waals surface area contributed by atoms with Crippen LogP contribution in [0.15, 0.2) is 48.5 Å². The van der Waals surface area contributed by atoms with E-state index in [9.17, 15) is 14.3 Å². The smallest absolute Gasteiger partial charge is 0.315 e. The molecule has 2 atom stereocenters. The Labute approximate surface area is 140 Å². The molecule has 24 heavy (non-hydrogen) atoms. The molecule has 0 spiro atoms. The van der Waals surface area contributed by atoms with Crippen molar-refractivity contribution in [2.24, 2.45) is 0 Å². The van der Waals surface area contributed by atoms with Crippen molar-refractivity contribution in [2.75, 3.05) is 6.54 Å². The zero-order valence-electron chi connectivity index (χ0n) is 13.6. The molecule has 5 heteroatoms. The number of aryl methyl sites for hydroxylation is 1. The van der Waals surface area contributed by atoms with Gasteiger partial charge in [0.2, 0.25) is 0 Å². The van der Waals surface area contributed by atoms with Gasteiger partial charge in [-0.25, -0.2) is 9.18 Å². The highest BCUT2D eigenvalue weighted by Gasteiger charge is 2.26. The number of hydrogen-bond acceptors (Lipinski definition) is 2. The summed E-state index contributed by atoms with van der Waals surface area (Å²) in [7, 11) is 0. The average Bonchev–Trinajstić information content (AvgIpc) is 2.96. The minimum Gasteiger partial charge on any atom is -0.384 e. The molecule has 0 saturated heterocycles. The van der Waals surface area contributed by atoms with Gasteiger partial charge in [-0.3, -0.25) is 0 Å². The Morgan fingerprint density at radius 2 is 2.04 bits per heavy atom. The van der Waals surface area contributed by atoms with Crippen LogP contribution in [0.4, 0.5) is 9.18 Å². The highest BCUT2D eigenvalue weighted by atomic mass is 19.1. The van der Waals surface area contributed by atoms with Crippen molar-refractivity contribution in [2.45, 2.75) is 31.4 Å². The molecule has 0 fully saturated rings. The molecule has 1 aliphatic carbocycles. The highest BCUT2D eigenvalue weighted by Crippen LogP contribution is 2.31. The molecule has 2 aromatic carbocycles. The first-order chi connectivity index (χ1) is 11.5. The maximum absolute atomic E-state index is 13.2. The van der Waals surface area contributed by atoms with Gasteiger partial charge in [-0.1, -0.05) is 36.4 Å². The standard InChI is InChI=1S/C19H21FN2O2/c1-19(24,14-5-3-2-4-6-14)12-21-18(23)22-17-10-7-13-11-15(20)8-9-16(13)17/h2-6,8-9,11,17,24H,7,10,12H2,1H3,(H2,21,22,23). The number of halogens is 1. The number of amides is 2. The Kier molecular flexibility index (Phi) is 4.53. The molecule has 2 amide bonds. The van der Waals surface area contributed by atoms with E-state index in [4.69, 9.17) is 0 Å². The number of fused-ring (bicyclic) bond motifs is 1. The normalized spacial score (nSPS) is 18.5. The van der Waals surface area contributed by atoms with E-state index in [1.807, 2.05) is 30.3 Å². The van der Waals surface area contributed by atoms with Crippen molar-refractivity contribution < 1.29 is 14.3 Å². The van der Waals surface area contributed by atoms with Crippen LogP contribution in [-0.2, 0) is 12.0 Å². The fourth-order valence-corrected chi connectivity index (χ4v) is 3.10. The molecule has 0 radical (unpaired) electrons. The third-order valence-corrected chi connectivity index (χ3v) is 4.48. The summed E-state index contributed by atoms with van der Waals surface area (Å²) >= 11 is 0. The summed E-state index contributed by atoms with van der Waals surface area (Å²) in [5.41, 5.74) is 1.50. The lowest BCUT2D eigenvalue weighted by molar-refractivity contribution is 0.0592. The third-order valence-electron chi connectivity index (χ3n) is 4.48. The Balaban J connectivity index is 1.58. The van der Waals surface area contributed by atoms with Crippen LogP contribution >= 0.6 is 0 Å². The lowest BCUT2D eigenvalue weighted by Crippen LogP contribution is -2.44. The summed E-state index contributed by atoms with van der Waals surface area (Å²) < 4.78 is 13.2. The average molecular weight is 328 g/mol. The largest absolute Gasteiger partial charge is 0.384 e. The number of urea groups is 1. The van der Waals surface area contributed by atoms with Crippen molar-refractivity contribution in [3.05, 3.63) is 71.0 Å². The van der Waals surface area contributed by atoms with Crippen LogP contribution in [0.25, 0.3) is 0 Å². The number of hydrogen-bond donors (Lipinski definition) is 3. The molecule has 1 aliphatic rings. The number of nitrogens with one attached hydrogen (secondary N) is 2. The van der Waals surface area contributed by atoms with Gasteiger partial charge in [-0.2, -0.15) is 0 Å². The van der Waals surface area contributed by atoms with E-state index in [1.54, 1.807) is 13.0 Å². The monoisotopic (exact) mass is 328 g/mol. The van der Waals surface area contributed by atoms with Gasteiger partial charge in [-0.05, 0) is 48.6 Å². The summed E-state index contributed by atoms with van der Waals surface area (Å²) in [5.74, 6) is -0.252. The van der Waals surface area contributed by atoms with Crippen LogP contribution in [0.2, 0.25) is 0 Å². The highest BCUT2D eigenvalue weighted by molar-refractivity contribution is 5.74. The van der Waals surface area contributed by atoms with E-state index >= 15 is 0 Å². The summed E-state index contributed by atoms with van der Waals surface area (Å²) in [6.45, 7) is 1.77. The quantitative estimate of drug-likeness (QED) is 0.808. The van der Waals surface area contributed by atoms with Gasteiger partial charge >= 0.3 is 6.03 Å². The molecule has 3 N–H and O–H groups in total. The zero-order valence-corrected chi connectivity index (χ0v) is 13.6. The Hall–Kier alpha value is -2.40. The molecular weight excluding hydrogens is 307 g/mol. The first-order valence-electron chi connectivity index (χ1n) is 8.06. The second-order valence-corrected chi connectivity index (χ2v) is 6.40. The van der Waals surface area contributed by atoms with Crippen LogP contribution in [0.5, 0.6) is 0 Å². The van der Waals surface area contributed by atoms with Gasteiger partial charge in [-0.15, -0.1) is 0 Å². The molecule has 3 rings (SSSR count). The first-order valence-corrected chi connectivity index (χ1v) is 8.06. The number of rotatable bonds is 4. The molecule has 126 valence electrons. The van der Waals surface area contributed by atoms with Gasteiger partial charge < -0.3 is 15.7 Å². The Morgan fingerprint density at radius 1 is 1.29 bits per heavy atom. The topological polar surface area (TPSA) is 61.4 Å². The van der Waals surface area contributed by atoms with Gasteiger partial charge in [0.25, 0.3) is 0 Å². The summed E-state index contributed by atoms with van der Waals surface area (Å²) in [4.78, 5) is 12.1. The van der Waals surface area contributed by atoms with E-state index in [-0.39, 0.29) is 24.4 Å². The number of carbonyl (C=O) groups is 1. The minimum absolute atomic E-state index is 0.103. The predicted molar refractivity (Wildman–Crippen MR) is 90.0 cm³/mol. The Bertz CT molecular complexity index is 731. The first kappa shape index (κ1) is 16.5. The zero-order chi connectivity index (χ0) is 17.2. The van der Waals surface area contributed by atoms with Gasteiger partial charge in [0.05, 0.1) is 12.6 Å². The summed E-state index contributed by atoms with van der Waals surface area (Å²) in [6.07, 6.45) is 1.50. The maximum Gasteiger partial charge on any atom is 0.315 e. The summed E-state index contributed by atoms with van der Waals surface area (Å²) in [6, 6.07) is 13.4. The summed E-state index contributed by atoms with van der Waals surface area (Å²) in [5, 5.41) is 16.1. The van der Waals surface area contributed by atoms with E-state index in [1.165, 1.54) is 12.1 Å². The van der Waals surface area contributed by atoms with Gasteiger partial charge in [0, 0.05) is 0 Å². The van der Waals surface area contributed by atoms with E-state index in [2.05, 4.69) is 10.6 Å². The van der Waals surface area contributed by atoms with Crippen molar-refractivity contribution in [1.29, 1.82) is 0 Å². The predicted octanol–water partition coefficient (Wildman–Crippen LogP) is 3.02. The fourth-order valence-electron chi connectivity index (χ4n) is 3.10. The molecule has 2 unspecified atom stereocenters. The lowest BCUT2D eigenvalue weighted by atomic mass is 9.96. The van der Waals surface area contributed by atoms with Crippen LogP contribution in [0, 0.1) is 5.82 Å². The molecular formula is C19H21FN2O2. The maximum atomic E-state index is 13.2. The van der Waals surface area contributed by atoms with Crippen molar-refractivity contribution >= 4 is 6.03 Å². The van der Waals surface area contributed by atoms with E-state index in [0.29, 0.717) is 0 Å². The molecule has 0 bridgehead atoms. The number of benzene rings is 2. The van der Waals surface area contributed by atoms with Gasteiger partial charge in [0.1, 0.15) is 11.4 Å². The molecule has 4 nitrogen and oxygen atoms in total. The van der Waals surface area contributed by atoms with Crippen LogP contribution in [0.3, 0.4) is 0 Å². The fraction of sp³-hybridized carbons (Fsp3) is 0.316.